The number of rotatable bonds is 3. The van der Waals surface area contributed by atoms with Crippen LogP contribution in [0.4, 0.5) is 0 Å². The van der Waals surface area contributed by atoms with Gasteiger partial charge in [-0.3, -0.25) is 24.5 Å². The molecular weight excluding hydrogens is 322 g/mol. The van der Waals surface area contributed by atoms with E-state index in [0.717, 1.165) is 12.8 Å². The van der Waals surface area contributed by atoms with Gasteiger partial charge in [0.1, 0.15) is 6.04 Å². The number of imide groups is 1. The summed E-state index contributed by atoms with van der Waals surface area (Å²) in [6, 6.07) is 4.41. The molecule has 2 aliphatic heterocycles. The van der Waals surface area contributed by atoms with Crippen LogP contribution in [0.2, 0.25) is 0 Å². The molecule has 1 aromatic rings. The van der Waals surface area contributed by atoms with Crippen molar-refractivity contribution in [1.29, 1.82) is 0 Å². The predicted octanol–water partition coefficient (Wildman–Crippen LogP) is 0.730. The second-order valence-corrected chi connectivity index (χ2v) is 7.25. The van der Waals surface area contributed by atoms with Crippen LogP contribution in [0.1, 0.15) is 58.9 Å². The van der Waals surface area contributed by atoms with E-state index in [2.05, 4.69) is 10.6 Å². The maximum absolute atomic E-state index is 12.7. The first-order valence-corrected chi connectivity index (χ1v) is 8.47. The molecule has 0 spiro atoms. The fourth-order valence-electron chi connectivity index (χ4n) is 3.45. The Kier molecular flexibility index (Phi) is 3.42. The lowest BCUT2D eigenvalue weighted by molar-refractivity contribution is -0.136. The van der Waals surface area contributed by atoms with Gasteiger partial charge >= 0.3 is 0 Å². The number of benzene rings is 1. The van der Waals surface area contributed by atoms with Crippen LogP contribution in [-0.4, -0.2) is 40.1 Å². The highest BCUT2D eigenvalue weighted by Crippen LogP contribution is 2.35. The molecule has 1 unspecified atom stereocenters. The minimum Gasteiger partial charge on any atom is -0.347 e. The van der Waals surface area contributed by atoms with E-state index in [4.69, 9.17) is 0 Å². The molecule has 1 atom stereocenters. The van der Waals surface area contributed by atoms with Crippen LogP contribution in [0.3, 0.4) is 0 Å². The van der Waals surface area contributed by atoms with Gasteiger partial charge in [0, 0.05) is 29.6 Å². The van der Waals surface area contributed by atoms with Crippen molar-refractivity contribution in [3.8, 4) is 0 Å². The van der Waals surface area contributed by atoms with Gasteiger partial charge in [0.25, 0.3) is 11.8 Å². The second kappa shape index (κ2) is 5.40. The molecule has 7 heteroatoms. The average Bonchev–Trinajstić information content (AvgIpc) is 3.19. The number of piperidine rings is 1. The molecule has 2 fully saturated rings. The third-order valence-corrected chi connectivity index (χ3v) is 5.24. The Hall–Kier alpha value is -2.70. The number of amides is 4. The summed E-state index contributed by atoms with van der Waals surface area (Å²) >= 11 is 0. The number of carbonyl (C=O) groups is 4. The van der Waals surface area contributed by atoms with Crippen molar-refractivity contribution < 1.29 is 19.2 Å². The molecule has 0 aromatic heterocycles. The molecule has 2 heterocycles. The SMILES string of the molecule is CC1(NC(=O)c2cccc3c2CN(C2CCC(=O)NC2=O)C3=O)CC1. The zero-order chi connectivity index (χ0) is 17.8. The summed E-state index contributed by atoms with van der Waals surface area (Å²) in [6.07, 6.45) is 2.43. The summed E-state index contributed by atoms with van der Waals surface area (Å²) in [7, 11) is 0. The van der Waals surface area contributed by atoms with Crippen LogP contribution >= 0.6 is 0 Å². The minimum atomic E-state index is -0.672. The zero-order valence-electron chi connectivity index (χ0n) is 13.9. The molecule has 4 rings (SSSR count). The van der Waals surface area contributed by atoms with Gasteiger partial charge in [-0.1, -0.05) is 6.07 Å². The maximum atomic E-state index is 12.7. The van der Waals surface area contributed by atoms with Gasteiger partial charge in [0.2, 0.25) is 11.8 Å². The summed E-state index contributed by atoms with van der Waals surface area (Å²) in [6.45, 7) is 2.20. The monoisotopic (exact) mass is 341 g/mol. The molecule has 1 saturated heterocycles. The molecule has 0 radical (unpaired) electrons. The van der Waals surface area contributed by atoms with Crippen LogP contribution in [0.25, 0.3) is 0 Å². The highest BCUT2D eigenvalue weighted by molar-refractivity contribution is 6.07. The normalized spacial score (nSPS) is 24.0. The third kappa shape index (κ3) is 2.69. The molecule has 1 saturated carbocycles. The average molecular weight is 341 g/mol. The van der Waals surface area contributed by atoms with Crippen LogP contribution in [0, 0.1) is 0 Å². The number of fused-ring (bicyclic) bond motifs is 1. The summed E-state index contributed by atoms with van der Waals surface area (Å²) in [5.41, 5.74) is 1.44. The largest absolute Gasteiger partial charge is 0.347 e. The Morgan fingerprint density at radius 3 is 2.72 bits per heavy atom. The number of carbonyl (C=O) groups excluding carboxylic acids is 4. The molecule has 1 aliphatic carbocycles. The quantitative estimate of drug-likeness (QED) is 0.792. The van der Waals surface area contributed by atoms with Crippen molar-refractivity contribution in [3.63, 3.8) is 0 Å². The van der Waals surface area contributed by atoms with Gasteiger partial charge in [0.15, 0.2) is 0 Å². The maximum Gasteiger partial charge on any atom is 0.255 e. The lowest BCUT2D eigenvalue weighted by Gasteiger charge is -2.29. The van der Waals surface area contributed by atoms with Crippen LogP contribution < -0.4 is 10.6 Å². The molecule has 25 heavy (non-hydrogen) atoms. The first-order chi connectivity index (χ1) is 11.9. The first kappa shape index (κ1) is 15.8. The summed E-state index contributed by atoms with van der Waals surface area (Å²) in [5.74, 6) is -1.22. The molecule has 7 nitrogen and oxygen atoms in total. The second-order valence-electron chi connectivity index (χ2n) is 7.25. The van der Waals surface area contributed by atoms with Crippen molar-refractivity contribution in [2.24, 2.45) is 0 Å². The molecular formula is C18H19N3O4. The lowest BCUT2D eigenvalue weighted by atomic mass is 10.0. The van der Waals surface area contributed by atoms with Gasteiger partial charge in [-0.05, 0) is 43.9 Å². The Morgan fingerprint density at radius 1 is 1.28 bits per heavy atom. The fourth-order valence-corrected chi connectivity index (χ4v) is 3.45. The first-order valence-electron chi connectivity index (χ1n) is 8.47. The molecule has 130 valence electrons. The predicted molar refractivity (Wildman–Crippen MR) is 87.6 cm³/mol. The highest BCUT2D eigenvalue weighted by Gasteiger charge is 2.42. The third-order valence-electron chi connectivity index (χ3n) is 5.24. The van der Waals surface area contributed by atoms with Crippen molar-refractivity contribution in [3.05, 3.63) is 34.9 Å². The van der Waals surface area contributed by atoms with E-state index in [1.807, 2.05) is 6.92 Å². The molecule has 3 aliphatic rings. The van der Waals surface area contributed by atoms with E-state index in [9.17, 15) is 19.2 Å². The minimum absolute atomic E-state index is 0.147. The summed E-state index contributed by atoms with van der Waals surface area (Å²) in [4.78, 5) is 50.2. The van der Waals surface area contributed by atoms with E-state index >= 15 is 0 Å². The van der Waals surface area contributed by atoms with Crippen molar-refractivity contribution in [1.82, 2.24) is 15.5 Å². The van der Waals surface area contributed by atoms with E-state index in [0.29, 0.717) is 23.1 Å². The number of hydrogen-bond donors (Lipinski definition) is 2. The number of nitrogens with zero attached hydrogens (tertiary/aromatic N) is 1. The van der Waals surface area contributed by atoms with E-state index in [1.165, 1.54) is 4.90 Å². The van der Waals surface area contributed by atoms with Crippen molar-refractivity contribution in [2.75, 3.05) is 0 Å². The highest BCUT2D eigenvalue weighted by atomic mass is 16.2. The van der Waals surface area contributed by atoms with Crippen molar-refractivity contribution in [2.45, 2.75) is 50.7 Å². The van der Waals surface area contributed by atoms with Crippen LogP contribution in [-0.2, 0) is 16.1 Å². The van der Waals surface area contributed by atoms with E-state index < -0.39 is 11.9 Å². The summed E-state index contributed by atoms with van der Waals surface area (Å²) in [5, 5.41) is 5.29. The molecule has 2 N–H and O–H groups in total. The van der Waals surface area contributed by atoms with E-state index in [1.54, 1.807) is 18.2 Å². The van der Waals surface area contributed by atoms with Crippen LogP contribution in [0.15, 0.2) is 18.2 Å². The molecule has 4 amide bonds. The Morgan fingerprint density at radius 2 is 2.04 bits per heavy atom. The standard InChI is InChI=1S/C18H19N3O4/c1-18(7-8-18)20-15(23)10-3-2-4-11-12(10)9-21(17(11)25)13-5-6-14(22)19-16(13)24/h2-4,13H,5-9H2,1H3,(H,20,23)(H,19,22,24). The smallest absolute Gasteiger partial charge is 0.255 e. The zero-order valence-corrected chi connectivity index (χ0v) is 13.9. The molecule has 0 bridgehead atoms. The Balaban J connectivity index is 1.60. The Labute approximate surface area is 144 Å². The van der Waals surface area contributed by atoms with Gasteiger partial charge in [-0.2, -0.15) is 0 Å². The molecule has 1 aromatic carbocycles. The van der Waals surface area contributed by atoms with Crippen molar-refractivity contribution >= 4 is 23.6 Å². The number of hydrogen-bond acceptors (Lipinski definition) is 4. The van der Waals surface area contributed by atoms with Crippen LogP contribution in [0.5, 0.6) is 0 Å². The lowest BCUT2D eigenvalue weighted by Crippen LogP contribution is -2.52. The topological polar surface area (TPSA) is 95.6 Å². The van der Waals surface area contributed by atoms with E-state index in [-0.39, 0.29) is 36.2 Å². The van der Waals surface area contributed by atoms with Gasteiger partial charge in [-0.15, -0.1) is 0 Å². The fraction of sp³-hybridized carbons (Fsp3) is 0.444. The summed E-state index contributed by atoms with van der Waals surface area (Å²) < 4.78 is 0. The van der Waals surface area contributed by atoms with Gasteiger partial charge in [0.05, 0.1) is 0 Å². The van der Waals surface area contributed by atoms with Gasteiger partial charge in [-0.25, -0.2) is 0 Å². The van der Waals surface area contributed by atoms with Gasteiger partial charge < -0.3 is 10.2 Å². The number of nitrogens with one attached hydrogen (secondary N) is 2. The Bertz CT molecular complexity index is 813.